The van der Waals surface area contributed by atoms with Crippen LogP contribution in [0.2, 0.25) is 0 Å². The van der Waals surface area contributed by atoms with Crippen molar-refractivity contribution in [1.29, 1.82) is 0 Å². The highest BCUT2D eigenvalue weighted by Gasteiger charge is 2.49. The van der Waals surface area contributed by atoms with Gasteiger partial charge in [0.05, 0.1) is 19.3 Å². The van der Waals surface area contributed by atoms with E-state index in [1.54, 1.807) is 18.4 Å². The molecular formula is C24H29N5O2S. The van der Waals surface area contributed by atoms with Gasteiger partial charge < -0.3 is 4.74 Å². The molecular weight excluding hydrogens is 422 g/mol. The lowest BCUT2D eigenvalue weighted by atomic mass is 9.98. The average Bonchev–Trinajstić information content (AvgIpc) is 3.56. The normalized spacial score (nSPS) is 17.7. The molecule has 1 aliphatic heterocycles. The lowest BCUT2D eigenvalue weighted by Crippen LogP contribution is -2.40. The Morgan fingerprint density at radius 1 is 1.25 bits per heavy atom. The second kappa shape index (κ2) is 8.31. The molecule has 5 rings (SSSR count). The second-order valence-corrected chi connectivity index (χ2v) is 9.80. The van der Waals surface area contributed by atoms with Gasteiger partial charge in [-0.1, -0.05) is 49.7 Å². The Kier molecular flexibility index (Phi) is 5.49. The number of hydrogen-bond donors (Lipinski definition) is 0. The zero-order chi connectivity index (χ0) is 22.3. The third kappa shape index (κ3) is 3.50. The monoisotopic (exact) mass is 451 g/mol. The number of amidine groups is 1. The van der Waals surface area contributed by atoms with Crippen LogP contribution in [0.3, 0.4) is 0 Å². The highest BCUT2D eigenvalue weighted by molar-refractivity contribution is 7.17. The van der Waals surface area contributed by atoms with E-state index in [1.807, 2.05) is 33.7 Å². The zero-order valence-electron chi connectivity index (χ0n) is 18.9. The number of aryl methyl sites for hydroxylation is 1. The van der Waals surface area contributed by atoms with Gasteiger partial charge in [0.1, 0.15) is 17.1 Å². The minimum absolute atomic E-state index is 0.191. The summed E-state index contributed by atoms with van der Waals surface area (Å²) in [5.74, 6) is 2.62. The first-order valence-corrected chi connectivity index (χ1v) is 12.3. The van der Waals surface area contributed by atoms with Crippen LogP contribution in [0.5, 0.6) is 5.75 Å². The summed E-state index contributed by atoms with van der Waals surface area (Å²) in [6.07, 6.45) is 6.96. The molecule has 1 amide bonds. The molecule has 1 spiro atoms. The fourth-order valence-corrected chi connectivity index (χ4v) is 5.80. The first-order valence-electron chi connectivity index (χ1n) is 11.4. The van der Waals surface area contributed by atoms with Gasteiger partial charge in [0.15, 0.2) is 5.82 Å². The van der Waals surface area contributed by atoms with Crippen LogP contribution in [0.1, 0.15) is 62.4 Å². The van der Waals surface area contributed by atoms with Crippen molar-refractivity contribution >= 4 is 28.0 Å². The van der Waals surface area contributed by atoms with Gasteiger partial charge in [0.2, 0.25) is 4.96 Å². The number of aromatic nitrogens is 3. The molecule has 0 N–H and O–H groups in total. The predicted molar refractivity (Wildman–Crippen MR) is 126 cm³/mol. The summed E-state index contributed by atoms with van der Waals surface area (Å²) in [4.78, 5) is 27.1. The van der Waals surface area contributed by atoms with E-state index in [2.05, 4.69) is 13.8 Å². The largest absolute Gasteiger partial charge is 0.497 e. The number of thiazole rings is 1. The van der Waals surface area contributed by atoms with Crippen LogP contribution in [0, 0.1) is 6.92 Å². The molecule has 168 valence electrons. The van der Waals surface area contributed by atoms with Gasteiger partial charge in [0, 0.05) is 16.9 Å². The first kappa shape index (κ1) is 21.1. The molecule has 0 atom stereocenters. The van der Waals surface area contributed by atoms with E-state index in [0.29, 0.717) is 12.4 Å². The molecule has 0 unspecified atom stereocenters. The van der Waals surface area contributed by atoms with E-state index in [9.17, 15) is 4.79 Å². The van der Waals surface area contributed by atoms with Crippen LogP contribution in [0.15, 0.2) is 29.3 Å². The number of carbonyl (C=O) groups excluding carboxylic acids is 1. The van der Waals surface area contributed by atoms with Crippen LogP contribution in [-0.2, 0) is 11.3 Å². The topological polar surface area (TPSA) is 72.1 Å². The van der Waals surface area contributed by atoms with Gasteiger partial charge in [-0.05, 0) is 38.3 Å². The smallest absolute Gasteiger partial charge is 0.256 e. The third-order valence-corrected chi connectivity index (χ3v) is 7.74. The maximum Gasteiger partial charge on any atom is 0.256 e. The molecule has 7 nitrogen and oxygen atoms in total. The van der Waals surface area contributed by atoms with E-state index in [0.717, 1.165) is 77.6 Å². The quantitative estimate of drug-likeness (QED) is 0.506. The minimum atomic E-state index is -0.494. The van der Waals surface area contributed by atoms with E-state index in [-0.39, 0.29) is 5.91 Å². The fourth-order valence-electron chi connectivity index (χ4n) is 4.76. The molecule has 2 aliphatic rings. The summed E-state index contributed by atoms with van der Waals surface area (Å²) in [5.41, 5.74) is 1.46. The van der Waals surface area contributed by atoms with Crippen LogP contribution < -0.4 is 4.74 Å². The van der Waals surface area contributed by atoms with Crippen molar-refractivity contribution < 1.29 is 9.53 Å². The molecule has 0 saturated heterocycles. The molecule has 32 heavy (non-hydrogen) atoms. The number of hydrogen-bond acceptors (Lipinski definition) is 6. The van der Waals surface area contributed by atoms with Gasteiger partial charge in [-0.15, -0.1) is 5.10 Å². The van der Waals surface area contributed by atoms with Crippen molar-refractivity contribution in [2.45, 2.75) is 70.9 Å². The van der Waals surface area contributed by atoms with Crippen LogP contribution in [0.25, 0.3) is 16.3 Å². The molecule has 0 radical (unpaired) electrons. The maximum absolute atomic E-state index is 13.4. The van der Waals surface area contributed by atoms with Gasteiger partial charge in [-0.25, -0.2) is 4.52 Å². The van der Waals surface area contributed by atoms with Crippen molar-refractivity contribution in [3.63, 3.8) is 0 Å². The number of ether oxygens (including phenoxy) is 1. The number of fused-ring (bicyclic) bond motifs is 1. The zero-order valence-corrected chi connectivity index (χ0v) is 19.7. The van der Waals surface area contributed by atoms with Crippen molar-refractivity contribution in [2.75, 3.05) is 7.11 Å². The Morgan fingerprint density at radius 2 is 2.06 bits per heavy atom. The van der Waals surface area contributed by atoms with E-state index in [1.165, 1.54) is 0 Å². The first-order chi connectivity index (χ1) is 15.5. The van der Waals surface area contributed by atoms with Gasteiger partial charge in [0.25, 0.3) is 5.91 Å². The molecule has 3 aromatic rings. The average molecular weight is 452 g/mol. The van der Waals surface area contributed by atoms with Crippen molar-refractivity contribution in [2.24, 2.45) is 4.99 Å². The molecule has 1 aromatic carbocycles. The van der Waals surface area contributed by atoms with Crippen LogP contribution >= 0.6 is 11.3 Å². The Bertz CT molecular complexity index is 1190. The summed E-state index contributed by atoms with van der Waals surface area (Å²) in [5, 5.41) is 4.74. The van der Waals surface area contributed by atoms with Gasteiger partial charge in [-0.3, -0.25) is 14.7 Å². The second-order valence-electron chi connectivity index (χ2n) is 8.73. The Hall–Kier alpha value is -2.74. The summed E-state index contributed by atoms with van der Waals surface area (Å²) in [6.45, 7) is 4.79. The SMILES string of the molecule is CCCCC1=NC2(CCCC2)C(=O)N1Cc1sc2nc(-c3cccc(OC)c3)nn2c1C. The fraction of sp³-hybridized carbons (Fsp3) is 0.500. The maximum atomic E-state index is 13.4. The van der Waals surface area contributed by atoms with Crippen molar-refractivity contribution in [3.05, 3.63) is 34.8 Å². The molecule has 8 heteroatoms. The Balaban J connectivity index is 1.43. The number of benzene rings is 1. The number of amides is 1. The number of methoxy groups -OCH3 is 1. The molecule has 0 bridgehead atoms. The van der Waals surface area contributed by atoms with Gasteiger partial charge >= 0.3 is 0 Å². The van der Waals surface area contributed by atoms with Crippen LogP contribution in [0.4, 0.5) is 0 Å². The third-order valence-electron chi connectivity index (χ3n) is 6.63. The summed E-state index contributed by atoms with van der Waals surface area (Å²) >= 11 is 1.60. The van der Waals surface area contributed by atoms with E-state index >= 15 is 0 Å². The number of carbonyl (C=O) groups is 1. The number of rotatable bonds is 7. The summed E-state index contributed by atoms with van der Waals surface area (Å²) in [7, 11) is 1.65. The molecule has 1 fully saturated rings. The number of aliphatic imine (C=N–C) groups is 1. The highest BCUT2D eigenvalue weighted by atomic mass is 32.1. The lowest BCUT2D eigenvalue weighted by Gasteiger charge is -2.22. The summed E-state index contributed by atoms with van der Waals surface area (Å²) < 4.78 is 7.22. The predicted octanol–water partition coefficient (Wildman–Crippen LogP) is 5.02. The molecule has 1 saturated carbocycles. The van der Waals surface area contributed by atoms with Crippen molar-refractivity contribution in [3.8, 4) is 17.1 Å². The Labute approximate surface area is 192 Å². The molecule has 1 aliphatic carbocycles. The summed E-state index contributed by atoms with van der Waals surface area (Å²) in [6, 6.07) is 7.78. The van der Waals surface area contributed by atoms with E-state index < -0.39 is 5.54 Å². The highest BCUT2D eigenvalue weighted by Crippen LogP contribution is 2.40. The van der Waals surface area contributed by atoms with Gasteiger partial charge in [-0.2, -0.15) is 4.98 Å². The standard InChI is InChI=1S/C24H29N5O2S/c1-4-5-11-20-26-24(12-6-7-13-24)22(30)28(20)15-19-16(2)29-23(32-19)25-21(27-29)17-9-8-10-18(14-17)31-3/h8-10,14H,4-7,11-13,15H2,1-3H3. The van der Waals surface area contributed by atoms with E-state index in [4.69, 9.17) is 19.8 Å². The Morgan fingerprint density at radius 3 is 2.78 bits per heavy atom. The van der Waals surface area contributed by atoms with Crippen molar-refractivity contribution in [1.82, 2.24) is 19.5 Å². The molecule has 3 heterocycles. The number of nitrogens with zero attached hydrogens (tertiary/aromatic N) is 5. The lowest BCUT2D eigenvalue weighted by molar-refractivity contribution is -0.131. The number of unbranched alkanes of at least 4 members (excludes halogenated alkanes) is 1. The van der Waals surface area contributed by atoms with Crippen LogP contribution in [-0.4, -0.2) is 43.9 Å². The minimum Gasteiger partial charge on any atom is -0.497 e. The molecule has 2 aromatic heterocycles.